The Hall–Kier alpha value is -2.96. The number of fused-ring (bicyclic) bond motifs is 1. The minimum atomic E-state index is -0.233. The zero-order valence-electron chi connectivity index (χ0n) is 13.4. The van der Waals surface area contributed by atoms with Crippen molar-refractivity contribution in [3.05, 3.63) is 42.9 Å². The monoisotopic (exact) mass is 322 g/mol. The molecular weight excluding hydrogens is 304 g/mol. The molecule has 0 radical (unpaired) electrons. The van der Waals surface area contributed by atoms with E-state index in [9.17, 15) is 4.79 Å². The number of hydrogen-bond donors (Lipinski definition) is 1. The molecule has 1 atom stereocenters. The summed E-state index contributed by atoms with van der Waals surface area (Å²) in [6.07, 6.45) is 5.06. The molecule has 122 valence electrons. The van der Waals surface area contributed by atoms with Crippen LogP contribution in [0.2, 0.25) is 0 Å². The maximum Gasteiger partial charge on any atom is 0.247 e. The molecule has 7 nitrogen and oxygen atoms in total. The Morgan fingerprint density at radius 3 is 2.92 bits per heavy atom. The molecule has 0 spiro atoms. The molecule has 0 bridgehead atoms. The highest BCUT2D eigenvalue weighted by atomic mass is 16.2. The first-order valence-corrected chi connectivity index (χ1v) is 7.99. The molecule has 0 saturated carbocycles. The van der Waals surface area contributed by atoms with Gasteiger partial charge in [-0.05, 0) is 25.0 Å². The second-order valence-corrected chi connectivity index (χ2v) is 5.91. The fourth-order valence-corrected chi connectivity index (χ4v) is 3.22. The zero-order valence-corrected chi connectivity index (χ0v) is 13.4. The van der Waals surface area contributed by atoms with Gasteiger partial charge < -0.3 is 10.2 Å². The number of aryl methyl sites for hydroxylation is 1. The summed E-state index contributed by atoms with van der Waals surface area (Å²) >= 11 is 0. The molecule has 1 unspecified atom stereocenters. The van der Waals surface area contributed by atoms with Crippen molar-refractivity contribution >= 4 is 28.4 Å². The lowest BCUT2D eigenvalue weighted by molar-refractivity contribution is -0.117. The van der Waals surface area contributed by atoms with Crippen LogP contribution in [0.3, 0.4) is 0 Å². The van der Waals surface area contributed by atoms with Crippen LogP contribution in [0.25, 0.3) is 11.0 Å². The van der Waals surface area contributed by atoms with Crippen molar-refractivity contribution in [2.45, 2.75) is 18.9 Å². The van der Waals surface area contributed by atoms with Gasteiger partial charge in [0.2, 0.25) is 5.91 Å². The average Bonchev–Trinajstić information content (AvgIpc) is 3.23. The predicted octanol–water partition coefficient (Wildman–Crippen LogP) is 1.97. The number of rotatable bonds is 3. The van der Waals surface area contributed by atoms with Gasteiger partial charge in [0.05, 0.1) is 11.6 Å². The molecule has 1 fully saturated rings. The summed E-state index contributed by atoms with van der Waals surface area (Å²) in [5.74, 6) is 0.771. The molecule has 1 saturated heterocycles. The van der Waals surface area contributed by atoms with E-state index in [0.29, 0.717) is 0 Å². The first kappa shape index (κ1) is 14.6. The number of amides is 1. The van der Waals surface area contributed by atoms with E-state index < -0.39 is 0 Å². The lowest BCUT2D eigenvalue weighted by Gasteiger charge is -2.25. The molecular formula is C17H18N6O. The number of carbonyl (C=O) groups is 1. The van der Waals surface area contributed by atoms with Gasteiger partial charge in [0.15, 0.2) is 5.65 Å². The molecule has 1 aliphatic rings. The lowest BCUT2D eigenvalue weighted by atomic mass is 10.2. The van der Waals surface area contributed by atoms with Gasteiger partial charge in [0, 0.05) is 19.3 Å². The van der Waals surface area contributed by atoms with Crippen LogP contribution in [0.1, 0.15) is 12.8 Å². The van der Waals surface area contributed by atoms with Gasteiger partial charge in [-0.25, -0.2) is 9.97 Å². The summed E-state index contributed by atoms with van der Waals surface area (Å²) in [6, 6.07) is 9.29. The van der Waals surface area contributed by atoms with Gasteiger partial charge >= 0.3 is 0 Å². The number of aromatic nitrogens is 4. The molecule has 0 aliphatic carbocycles. The standard InChI is InChI=1S/C17H18N6O/c1-22-15-13(10-20-22)16(19-11-18-15)23-9-5-8-14(23)17(24)21-12-6-3-2-4-7-12/h2-4,6-7,10-11,14H,5,8-9H2,1H3,(H,21,24). The highest BCUT2D eigenvalue weighted by molar-refractivity contribution is 5.98. The van der Waals surface area contributed by atoms with E-state index in [2.05, 4.69) is 25.3 Å². The Morgan fingerprint density at radius 1 is 1.25 bits per heavy atom. The summed E-state index contributed by atoms with van der Waals surface area (Å²) in [5, 5.41) is 8.12. The second kappa shape index (κ2) is 5.92. The molecule has 2 aromatic heterocycles. The minimum absolute atomic E-state index is 0.00523. The molecule has 3 heterocycles. The van der Waals surface area contributed by atoms with Gasteiger partial charge in [0.1, 0.15) is 18.2 Å². The molecule has 7 heteroatoms. The maximum absolute atomic E-state index is 12.7. The van der Waals surface area contributed by atoms with Crippen molar-refractivity contribution in [2.24, 2.45) is 7.05 Å². The number of benzene rings is 1. The number of anilines is 2. The van der Waals surface area contributed by atoms with Gasteiger partial charge in [-0.3, -0.25) is 9.48 Å². The van der Waals surface area contributed by atoms with Gasteiger partial charge in [-0.15, -0.1) is 0 Å². The van der Waals surface area contributed by atoms with E-state index >= 15 is 0 Å². The van der Waals surface area contributed by atoms with E-state index in [-0.39, 0.29) is 11.9 Å². The molecule has 1 N–H and O–H groups in total. The van der Waals surface area contributed by atoms with Crippen LogP contribution in [0.5, 0.6) is 0 Å². The van der Waals surface area contributed by atoms with Crippen LogP contribution in [-0.4, -0.2) is 38.2 Å². The normalized spacial score (nSPS) is 17.4. The van der Waals surface area contributed by atoms with E-state index in [4.69, 9.17) is 0 Å². The number of hydrogen-bond acceptors (Lipinski definition) is 5. The van der Waals surface area contributed by atoms with Crippen molar-refractivity contribution in [1.82, 2.24) is 19.7 Å². The van der Waals surface area contributed by atoms with Crippen LogP contribution >= 0.6 is 0 Å². The predicted molar refractivity (Wildman–Crippen MR) is 91.7 cm³/mol. The number of nitrogens with one attached hydrogen (secondary N) is 1. The van der Waals surface area contributed by atoms with Crippen LogP contribution in [0, 0.1) is 0 Å². The Morgan fingerprint density at radius 2 is 2.08 bits per heavy atom. The van der Waals surface area contributed by atoms with Crippen molar-refractivity contribution in [3.8, 4) is 0 Å². The van der Waals surface area contributed by atoms with Crippen LogP contribution in [-0.2, 0) is 11.8 Å². The zero-order chi connectivity index (χ0) is 16.5. The Kier molecular flexibility index (Phi) is 3.60. The third-order valence-electron chi connectivity index (χ3n) is 4.38. The largest absolute Gasteiger partial charge is 0.344 e. The summed E-state index contributed by atoms with van der Waals surface area (Å²) in [6.45, 7) is 0.799. The van der Waals surface area contributed by atoms with Crippen molar-refractivity contribution < 1.29 is 4.79 Å². The van der Waals surface area contributed by atoms with E-state index in [1.54, 1.807) is 10.9 Å². The Balaban J connectivity index is 1.63. The van der Waals surface area contributed by atoms with Crippen molar-refractivity contribution in [2.75, 3.05) is 16.8 Å². The minimum Gasteiger partial charge on any atom is -0.344 e. The van der Waals surface area contributed by atoms with Crippen LogP contribution in [0.4, 0.5) is 11.5 Å². The summed E-state index contributed by atoms with van der Waals surface area (Å²) in [4.78, 5) is 23.5. The third-order valence-corrected chi connectivity index (χ3v) is 4.38. The van der Waals surface area contributed by atoms with Crippen molar-refractivity contribution in [3.63, 3.8) is 0 Å². The van der Waals surface area contributed by atoms with Gasteiger partial charge in [-0.1, -0.05) is 18.2 Å². The smallest absolute Gasteiger partial charge is 0.247 e. The topological polar surface area (TPSA) is 75.9 Å². The van der Waals surface area contributed by atoms with Gasteiger partial charge in [-0.2, -0.15) is 5.10 Å². The fraction of sp³-hybridized carbons (Fsp3) is 0.294. The molecule has 1 amide bonds. The number of carbonyl (C=O) groups excluding carboxylic acids is 1. The summed E-state index contributed by atoms with van der Waals surface area (Å²) in [5.41, 5.74) is 1.58. The molecule has 3 aromatic rings. The van der Waals surface area contributed by atoms with E-state index in [0.717, 1.165) is 41.9 Å². The highest BCUT2D eigenvalue weighted by Crippen LogP contribution is 2.29. The van der Waals surface area contributed by atoms with E-state index in [1.807, 2.05) is 37.4 Å². The fourth-order valence-electron chi connectivity index (χ4n) is 3.22. The molecule has 4 rings (SSSR count). The molecule has 1 aromatic carbocycles. The first-order chi connectivity index (χ1) is 11.7. The molecule has 24 heavy (non-hydrogen) atoms. The molecule has 1 aliphatic heterocycles. The van der Waals surface area contributed by atoms with Crippen LogP contribution < -0.4 is 10.2 Å². The van der Waals surface area contributed by atoms with Gasteiger partial charge in [0.25, 0.3) is 0 Å². The second-order valence-electron chi connectivity index (χ2n) is 5.91. The summed E-state index contributed by atoms with van der Waals surface area (Å²) < 4.78 is 1.72. The number of para-hydroxylation sites is 1. The third kappa shape index (κ3) is 2.47. The SMILES string of the molecule is Cn1ncc2c(N3CCCC3C(=O)Nc3ccccc3)ncnc21. The number of nitrogens with zero attached hydrogens (tertiary/aromatic N) is 5. The quantitative estimate of drug-likeness (QED) is 0.798. The van der Waals surface area contributed by atoms with Crippen molar-refractivity contribution in [1.29, 1.82) is 0 Å². The lowest BCUT2D eigenvalue weighted by Crippen LogP contribution is -2.40. The van der Waals surface area contributed by atoms with E-state index in [1.165, 1.54) is 6.33 Å². The highest BCUT2D eigenvalue weighted by Gasteiger charge is 2.33. The average molecular weight is 322 g/mol. The van der Waals surface area contributed by atoms with Crippen LogP contribution in [0.15, 0.2) is 42.9 Å². The Bertz CT molecular complexity index is 875. The Labute approximate surface area is 139 Å². The first-order valence-electron chi connectivity index (χ1n) is 7.99. The maximum atomic E-state index is 12.7. The summed E-state index contributed by atoms with van der Waals surface area (Å²) in [7, 11) is 1.85.